The number of nitrogens with zero attached hydrogens (tertiary/aromatic N) is 2. The van der Waals surface area contributed by atoms with Gasteiger partial charge in [0.15, 0.2) is 0 Å². The summed E-state index contributed by atoms with van der Waals surface area (Å²) >= 11 is 0. The van der Waals surface area contributed by atoms with Crippen molar-refractivity contribution in [1.29, 1.82) is 0 Å². The number of hydrogen-bond acceptors (Lipinski definition) is 3. The number of nitrogens with one attached hydrogen (secondary N) is 1. The molecule has 3 atom stereocenters. The van der Waals surface area contributed by atoms with Crippen molar-refractivity contribution in [3.63, 3.8) is 0 Å². The normalized spacial score (nSPS) is 25.9. The van der Waals surface area contributed by atoms with Gasteiger partial charge in [0.2, 0.25) is 0 Å². The van der Waals surface area contributed by atoms with Crippen LogP contribution < -0.4 is 5.32 Å². The highest BCUT2D eigenvalue weighted by atomic mass is 15.2. The molecule has 0 amide bonds. The van der Waals surface area contributed by atoms with Crippen molar-refractivity contribution in [3.8, 4) is 0 Å². The first-order valence-corrected chi connectivity index (χ1v) is 7.99. The lowest BCUT2D eigenvalue weighted by atomic mass is 9.92. The van der Waals surface area contributed by atoms with Gasteiger partial charge in [0.25, 0.3) is 0 Å². The first kappa shape index (κ1) is 15.5. The minimum Gasteiger partial charge on any atom is -0.311 e. The predicted octanol–water partition coefficient (Wildman–Crippen LogP) is 2.93. The molecule has 112 valence electrons. The summed E-state index contributed by atoms with van der Waals surface area (Å²) in [4.78, 5) is 7.12. The second kappa shape index (κ2) is 7.19. The number of piperazine rings is 1. The fraction of sp³-hybridized carbons (Fsp3) is 0.706. The van der Waals surface area contributed by atoms with Crippen molar-refractivity contribution < 1.29 is 0 Å². The first-order valence-electron chi connectivity index (χ1n) is 7.99. The lowest BCUT2D eigenvalue weighted by Gasteiger charge is -2.44. The van der Waals surface area contributed by atoms with E-state index in [0.717, 1.165) is 25.6 Å². The molecular weight excluding hydrogens is 246 g/mol. The molecule has 2 rings (SSSR count). The lowest BCUT2D eigenvalue weighted by molar-refractivity contribution is 0.0742. The summed E-state index contributed by atoms with van der Waals surface area (Å²) in [5, 5.41) is 3.75. The Hall–Kier alpha value is -0.930. The maximum atomic E-state index is 4.49. The molecule has 1 saturated heterocycles. The van der Waals surface area contributed by atoms with Crippen LogP contribution in [-0.2, 0) is 6.54 Å². The lowest BCUT2D eigenvalue weighted by Crippen LogP contribution is -2.59. The monoisotopic (exact) mass is 275 g/mol. The van der Waals surface area contributed by atoms with Crippen molar-refractivity contribution in [1.82, 2.24) is 15.2 Å². The Morgan fingerprint density at radius 1 is 1.35 bits per heavy atom. The number of aromatic nitrogens is 1. The van der Waals surface area contributed by atoms with Crippen LogP contribution in [0.1, 0.15) is 39.8 Å². The van der Waals surface area contributed by atoms with Crippen LogP contribution >= 0.6 is 0 Å². The molecule has 0 aromatic carbocycles. The minimum atomic E-state index is 0.609. The van der Waals surface area contributed by atoms with E-state index in [0.29, 0.717) is 18.0 Å². The van der Waals surface area contributed by atoms with E-state index < -0.39 is 0 Å². The van der Waals surface area contributed by atoms with Gasteiger partial charge in [0, 0.05) is 37.9 Å². The molecule has 3 heteroatoms. The summed E-state index contributed by atoms with van der Waals surface area (Å²) in [6, 6.07) is 7.43. The largest absolute Gasteiger partial charge is 0.311 e. The predicted molar refractivity (Wildman–Crippen MR) is 84.5 cm³/mol. The quantitative estimate of drug-likeness (QED) is 0.895. The van der Waals surface area contributed by atoms with Crippen LogP contribution in [0.25, 0.3) is 0 Å². The zero-order valence-corrected chi connectivity index (χ0v) is 13.3. The summed E-state index contributed by atoms with van der Waals surface area (Å²) in [7, 11) is 0. The molecule has 0 aliphatic carbocycles. The van der Waals surface area contributed by atoms with Gasteiger partial charge in [-0.05, 0) is 24.0 Å². The van der Waals surface area contributed by atoms with Crippen molar-refractivity contribution in [2.45, 2.75) is 52.7 Å². The third-order valence-corrected chi connectivity index (χ3v) is 4.68. The minimum absolute atomic E-state index is 0.609. The standard InChI is InChI=1S/C17H29N3/c1-5-14(4)16-12-20(17(10-19-16)13(2)3)11-15-8-6-7-9-18-15/h6-9,13-14,16-17,19H,5,10-12H2,1-4H3. The molecule has 1 N–H and O–H groups in total. The van der Waals surface area contributed by atoms with E-state index in [1.807, 2.05) is 12.3 Å². The zero-order chi connectivity index (χ0) is 14.5. The fourth-order valence-electron chi connectivity index (χ4n) is 3.06. The third kappa shape index (κ3) is 3.80. The summed E-state index contributed by atoms with van der Waals surface area (Å²) in [6.45, 7) is 12.5. The molecule has 3 nitrogen and oxygen atoms in total. The molecular formula is C17H29N3. The van der Waals surface area contributed by atoms with E-state index in [4.69, 9.17) is 0 Å². The van der Waals surface area contributed by atoms with Gasteiger partial charge in [-0.15, -0.1) is 0 Å². The van der Waals surface area contributed by atoms with Crippen LogP contribution in [0.15, 0.2) is 24.4 Å². The molecule has 0 spiro atoms. The van der Waals surface area contributed by atoms with E-state index in [2.05, 4.69) is 55.0 Å². The zero-order valence-electron chi connectivity index (χ0n) is 13.3. The highest BCUT2D eigenvalue weighted by Gasteiger charge is 2.31. The average molecular weight is 275 g/mol. The van der Waals surface area contributed by atoms with Gasteiger partial charge >= 0.3 is 0 Å². The van der Waals surface area contributed by atoms with E-state index in [1.54, 1.807) is 0 Å². The molecule has 1 fully saturated rings. The maximum absolute atomic E-state index is 4.49. The molecule has 0 bridgehead atoms. The van der Waals surface area contributed by atoms with Crippen LogP contribution in [-0.4, -0.2) is 35.1 Å². The van der Waals surface area contributed by atoms with Gasteiger partial charge in [-0.2, -0.15) is 0 Å². The Kier molecular flexibility index (Phi) is 5.55. The van der Waals surface area contributed by atoms with Crippen molar-refractivity contribution in [3.05, 3.63) is 30.1 Å². The molecule has 2 heterocycles. The Balaban J connectivity index is 2.07. The van der Waals surface area contributed by atoms with Crippen molar-refractivity contribution >= 4 is 0 Å². The molecule has 3 unspecified atom stereocenters. The summed E-state index contributed by atoms with van der Waals surface area (Å²) < 4.78 is 0. The van der Waals surface area contributed by atoms with E-state index >= 15 is 0 Å². The second-order valence-corrected chi connectivity index (χ2v) is 6.46. The smallest absolute Gasteiger partial charge is 0.0544 e. The Bertz CT molecular complexity index is 390. The third-order valence-electron chi connectivity index (χ3n) is 4.68. The summed E-state index contributed by atoms with van der Waals surface area (Å²) in [6.07, 6.45) is 3.13. The molecule has 20 heavy (non-hydrogen) atoms. The fourth-order valence-corrected chi connectivity index (χ4v) is 3.06. The number of pyridine rings is 1. The average Bonchev–Trinajstić information content (AvgIpc) is 2.47. The Morgan fingerprint density at radius 2 is 2.15 bits per heavy atom. The van der Waals surface area contributed by atoms with Gasteiger partial charge in [-0.25, -0.2) is 0 Å². The van der Waals surface area contributed by atoms with E-state index in [1.165, 1.54) is 12.1 Å². The topological polar surface area (TPSA) is 28.2 Å². The van der Waals surface area contributed by atoms with Gasteiger partial charge in [0.05, 0.1) is 5.69 Å². The van der Waals surface area contributed by atoms with Gasteiger partial charge in [-0.1, -0.05) is 40.2 Å². The highest BCUT2D eigenvalue weighted by Crippen LogP contribution is 2.21. The van der Waals surface area contributed by atoms with Crippen molar-refractivity contribution in [2.24, 2.45) is 11.8 Å². The summed E-state index contributed by atoms with van der Waals surface area (Å²) in [5.74, 6) is 1.40. The van der Waals surface area contributed by atoms with Gasteiger partial charge in [0.1, 0.15) is 0 Å². The van der Waals surface area contributed by atoms with Gasteiger partial charge in [-0.3, -0.25) is 9.88 Å². The Labute approximate surface area is 123 Å². The molecule has 0 saturated carbocycles. The second-order valence-electron chi connectivity index (χ2n) is 6.46. The molecule has 1 aliphatic rings. The molecule has 0 radical (unpaired) electrons. The van der Waals surface area contributed by atoms with Crippen LogP contribution in [0.4, 0.5) is 0 Å². The maximum Gasteiger partial charge on any atom is 0.0544 e. The number of hydrogen-bond donors (Lipinski definition) is 1. The number of rotatable bonds is 5. The van der Waals surface area contributed by atoms with Crippen LogP contribution in [0.5, 0.6) is 0 Å². The highest BCUT2D eigenvalue weighted by molar-refractivity contribution is 5.04. The Morgan fingerprint density at radius 3 is 2.75 bits per heavy atom. The van der Waals surface area contributed by atoms with Gasteiger partial charge < -0.3 is 5.32 Å². The molecule has 1 aromatic heterocycles. The first-order chi connectivity index (χ1) is 9.61. The molecule has 1 aromatic rings. The van der Waals surface area contributed by atoms with Crippen LogP contribution in [0, 0.1) is 11.8 Å². The summed E-state index contributed by atoms with van der Waals surface area (Å²) in [5.41, 5.74) is 1.18. The van der Waals surface area contributed by atoms with Crippen LogP contribution in [0.2, 0.25) is 0 Å². The van der Waals surface area contributed by atoms with Crippen LogP contribution in [0.3, 0.4) is 0 Å². The van der Waals surface area contributed by atoms with E-state index in [9.17, 15) is 0 Å². The van der Waals surface area contributed by atoms with Crippen molar-refractivity contribution in [2.75, 3.05) is 13.1 Å². The SMILES string of the molecule is CCC(C)C1CN(Cc2ccccn2)C(C(C)C)CN1. The van der Waals surface area contributed by atoms with E-state index in [-0.39, 0.29) is 0 Å². The molecule has 1 aliphatic heterocycles.